The van der Waals surface area contributed by atoms with E-state index in [1.54, 1.807) is 31.5 Å². The number of amidine groups is 1. The van der Waals surface area contributed by atoms with Crippen molar-refractivity contribution in [3.8, 4) is 16.9 Å². The number of alkyl halides is 3. The Morgan fingerprint density at radius 3 is 2.68 bits per heavy atom. The molecule has 6 nitrogen and oxygen atoms in total. The zero-order chi connectivity index (χ0) is 23.9. The van der Waals surface area contributed by atoms with Crippen LogP contribution in [0.1, 0.15) is 11.1 Å². The second-order valence-corrected chi connectivity index (χ2v) is 7.63. The molecule has 9 heteroatoms. The lowest BCUT2D eigenvalue weighted by atomic mass is 10.00. The first-order valence-electron chi connectivity index (χ1n) is 10.2. The number of nitrogens with zero attached hydrogens (tertiary/aromatic N) is 3. The monoisotopic (exact) mass is 461 g/mol. The number of methoxy groups -OCH3 is 1. The van der Waals surface area contributed by atoms with Crippen LogP contribution in [0.2, 0.25) is 0 Å². The molecular formula is C25H18F3N5O. The lowest BCUT2D eigenvalue weighted by molar-refractivity contribution is -0.137. The molecule has 34 heavy (non-hydrogen) atoms. The Labute approximate surface area is 191 Å². The molecule has 0 radical (unpaired) electrons. The Hall–Kier alpha value is -4.40. The Morgan fingerprint density at radius 1 is 1.03 bits per heavy atom. The molecule has 5 rings (SSSR count). The number of halogens is 3. The molecule has 0 spiro atoms. The van der Waals surface area contributed by atoms with Gasteiger partial charge >= 0.3 is 6.18 Å². The van der Waals surface area contributed by atoms with E-state index < -0.39 is 11.7 Å². The van der Waals surface area contributed by atoms with Crippen LogP contribution in [0.25, 0.3) is 33.1 Å². The molecule has 0 unspecified atom stereocenters. The fourth-order valence-electron chi connectivity index (χ4n) is 3.85. The normalized spacial score (nSPS) is 12.4. The molecule has 0 aliphatic rings. The van der Waals surface area contributed by atoms with Crippen LogP contribution in [0.3, 0.4) is 0 Å². The van der Waals surface area contributed by atoms with Gasteiger partial charge in [0.05, 0.1) is 18.4 Å². The molecule has 0 fully saturated rings. The Bertz CT molecular complexity index is 1560. The van der Waals surface area contributed by atoms with Crippen molar-refractivity contribution in [3.63, 3.8) is 0 Å². The predicted octanol–water partition coefficient (Wildman–Crippen LogP) is 5.84. The first kappa shape index (κ1) is 21.4. The van der Waals surface area contributed by atoms with Crippen LogP contribution in [-0.4, -0.2) is 27.9 Å². The minimum absolute atomic E-state index is 0.0881. The van der Waals surface area contributed by atoms with Gasteiger partial charge in [-0.05, 0) is 48.0 Å². The maximum absolute atomic E-state index is 13.0. The average Bonchev–Trinajstić information content (AvgIpc) is 3.21. The number of nitrogens with one attached hydrogen (secondary N) is 1. The second kappa shape index (κ2) is 8.18. The molecule has 5 aromatic rings. The number of H-pyrrole nitrogens is 1. The van der Waals surface area contributed by atoms with Gasteiger partial charge < -0.3 is 15.5 Å². The summed E-state index contributed by atoms with van der Waals surface area (Å²) in [7, 11) is 1.57. The van der Waals surface area contributed by atoms with Crippen LogP contribution >= 0.6 is 0 Å². The smallest absolute Gasteiger partial charge is 0.416 e. The molecule has 0 saturated heterocycles. The summed E-state index contributed by atoms with van der Waals surface area (Å²) in [5.74, 6) is 0.705. The van der Waals surface area contributed by atoms with Gasteiger partial charge in [-0.25, -0.2) is 15.0 Å². The highest BCUT2D eigenvalue weighted by Crippen LogP contribution is 2.35. The summed E-state index contributed by atoms with van der Waals surface area (Å²) >= 11 is 0. The number of aromatic nitrogens is 3. The molecule has 0 amide bonds. The maximum atomic E-state index is 13.0. The summed E-state index contributed by atoms with van der Waals surface area (Å²) in [4.78, 5) is 15.8. The largest absolute Gasteiger partial charge is 0.496 e. The summed E-state index contributed by atoms with van der Waals surface area (Å²) in [6.07, 6.45) is -1.22. The van der Waals surface area contributed by atoms with E-state index in [0.29, 0.717) is 11.3 Å². The minimum atomic E-state index is -4.46. The molecule has 0 bridgehead atoms. The lowest BCUT2D eigenvalue weighted by Gasteiger charge is -2.12. The van der Waals surface area contributed by atoms with Gasteiger partial charge in [-0.3, -0.25) is 0 Å². The number of aromatic amines is 1. The van der Waals surface area contributed by atoms with Gasteiger partial charge in [0.25, 0.3) is 0 Å². The molecular weight excluding hydrogens is 443 g/mol. The number of hydrogen-bond acceptors (Lipinski definition) is 4. The fraction of sp³-hybridized carbons (Fsp3) is 0.0800. The lowest BCUT2D eigenvalue weighted by Crippen LogP contribution is -2.13. The summed E-state index contributed by atoms with van der Waals surface area (Å²) in [6.45, 7) is 0. The van der Waals surface area contributed by atoms with Crippen molar-refractivity contribution in [2.24, 2.45) is 10.7 Å². The highest BCUT2D eigenvalue weighted by atomic mass is 19.4. The maximum Gasteiger partial charge on any atom is 0.416 e. The van der Waals surface area contributed by atoms with E-state index in [4.69, 9.17) is 10.5 Å². The number of benzene rings is 3. The van der Waals surface area contributed by atoms with Gasteiger partial charge in [0.15, 0.2) is 0 Å². The van der Waals surface area contributed by atoms with Crippen molar-refractivity contribution < 1.29 is 17.9 Å². The third-order valence-corrected chi connectivity index (χ3v) is 5.50. The average molecular weight is 461 g/mol. The van der Waals surface area contributed by atoms with Crippen molar-refractivity contribution in [2.45, 2.75) is 6.18 Å². The molecule has 3 aromatic carbocycles. The van der Waals surface area contributed by atoms with Crippen molar-refractivity contribution in [3.05, 3.63) is 84.3 Å². The Balaban J connectivity index is 1.57. The molecule has 2 heterocycles. The van der Waals surface area contributed by atoms with E-state index in [1.165, 1.54) is 18.5 Å². The van der Waals surface area contributed by atoms with Crippen LogP contribution in [0.15, 0.2) is 78.2 Å². The fourth-order valence-corrected chi connectivity index (χ4v) is 3.85. The van der Waals surface area contributed by atoms with Gasteiger partial charge in [0.2, 0.25) is 0 Å². The van der Waals surface area contributed by atoms with Crippen LogP contribution < -0.4 is 10.5 Å². The molecule has 0 aliphatic heterocycles. The van der Waals surface area contributed by atoms with E-state index in [0.717, 1.165) is 45.2 Å². The van der Waals surface area contributed by atoms with Crippen molar-refractivity contribution in [1.82, 2.24) is 15.0 Å². The molecule has 0 atom stereocenters. The predicted molar refractivity (Wildman–Crippen MR) is 125 cm³/mol. The van der Waals surface area contributed by atoms with Crippen molar-refractivity contribution >= 4 is 33.5 Å². The molecule has 0 saturated carbocycles. The van der Waals surface area contributed by atoms with Gasteiger partial charge in [-0.1, -0.05) is 18.2 Å². The number of aliphatic imine (C=N–C) groups is 1. The van der Waals surface area contributed by atoms with Gasteiger partial charge in [0.1, 0.15) is 23.6 Å². The van der Waals surface area contributed by atoms with Gasteiger partial charge in [0, 0.05) is 33.6 Å². The molecule has 170 valence electrons. The molecule has 3 N–H and O–H groups in total. The Kier molecular flexibility index (Phi) is 5.16. The van der Waals surface area contributed by atoms with E-state index >= 15 is 0 Å². The van der Waals surface area contributed by atoms with E-state index in [1.807, 2.05) is 18.2 Å². The minimum Gasteiger partial charge on any atom is -0.496 e. The van der Waals surface area contributed by atoms with Crippen molar-refractivity contribution in [2.75, 3.05) is 7.11 Å². The van der Waals surface area contributed by atoms with E-state index in [9.17, 15) is 13.2 Å². The SMILES string of the molecule is COc1ccc(C(N)=Nc2cccc(C(F)(F)F)c2)cc1-c1ccc2c(c1)[nH]c1ncncc12. The summed E-state index contributed by atoms with van der Waals surface area (Å²) < 4.78 is 44.6. The number of rotatable bonds is 4. The van der Waals surface area contributed by atoms with Gasteiger partial charge in [-0.15, -0.1) is 0 Å². The third-order valence-electron chi connectivity index (χ3n) is 5.50. The third kappa shape index (κ3) is 3.92. The van der Waals surface area contributed by atoms with E-state index in [-0.39, 0.29) is 11.5 Å². The first-order valence-corrected chi connectivity index (χ1v) is 10.2. The number of fused-ring (bicyclic) bond motifs is 3. The molecule has 2 aromatic heterocycles. The number of hydrogen-bond donors (Lipinski definition) is 2. The van der Waals surface area contributed by atoms with Crippen LogP contribution in [0, 0.1) is 0 Å². The number of nitrogens with two attached hydrogens (primary N) is 1. The summed E-state index contributed by atoms with van der Waals surface area (Å²) in [5, 5.41) is 1.90. The topological polar surface area (TPSA) is 89.2 Å². The second-order valence-electron chi connectivity index (χ2n) is 7.63. The quantitative estimate of drug-likeness (QED) is 0.260. The highest BCUT2D eigenvalue weighted by Gasteiger charge is 2.30. The molecule has 0 aliphatic carbocycles. The van der Waals surface area contributed by atoms with Crippen LogP contribution in [0.4, 0.5) is 18.9 Å². The first-order chi connectivity index (χ1) is 16.3. The zero-order valence-corrected chi connectivity index (χ0v) is 17.9. The summed E-state index contributed by atoms with van der Waals surface area (Å²) in [6, 6.07) is 15.9. The Morgan fingerprint density at radius 2 is 1.88 bits per heavy atom. The van der Waals surface area contributed by atoms with Crippen LogP contribution in [0.5, 0.6) is 5.75 Å². The van der Waals surface area contributed by atoms with Gasteiger partial charge in [-0.2, -0.15) is 13.2 Å². The zero-order valence-electron chi connectivity index (χ0n) is 17.9. The number of ether oxygens (including phenoxy) is 1. The standard InChI is InChI=1S/C25H18F3N5O/c1-34-22-8-6-15(23(29)32-17-4-2-3-16(11-17)25(26,27)28)9-19(22)14-5-7-18-20-12-30-13-31-24(20)33-21(18)10-14/h2-13H,1H3,(H2,29,32)(H,30,31,33). The summed E-state index contributed by atoms with van der Waals surface area (Å²) in [5.41, 5.74) is 9.29. The van der Waals surface area contributed by atoms with Crippen LogP contribution in [-0.2, 0) is 6.18 Å². The van der Waals surface area contributed by atoms with Crippen molar-refractivity contribution in [1.29, 1.82) is 0 Å². The van der Waals surface area contributed by atoms with E-state index in [2.05, 4.69) is 19.9 Å². The highest BCUT2D eigenvalue weighted by molar-refractivity contribution is 6.07.